The van der Waals surface area contributed by atoms with Crippen LogP contribution >= 0.6 is 0 Å². The molecule has 2 aromatic rings. The van der Waals surface area contributed by atoms with Gasteiger partial charge in [-0.1, -0.05) is 43.3 Å². The fourth-order valence-corrected chi connectivity index (χ4v) is 3.05. The highest BCUT2D eigenvalue weighted by atomic mass is 16.5. The number of nitrogens with one attached hydrogen (secondary N) is 2. The van der Waals surface area contributed by atoms with Crippen LogP contribution in [0.5, 0.6) is 5.88 Å². The third-order valence-electron chi connectivity index (χ3n) is 4.80. The molecular formula is C21H28N4O. The Balaban J connectivity index is 1.55. The summed E-state index contributed by atoms with van der Waals surface area (Å²) in [6.45, 7) is 4.29. The predicted molar refractivity (Wildman–Crippen MR) is 106 cm³/mol. The summed E-state index contributed by atoms with van der Waals surface area (Å²) >= 11 is 0. The van der Waals surface area contributed by atoms with Gasteiger partial charge in [-0.05, 0) is 30.9 Å². The summed E-state index contributed by atoms with van der Waals surface area (Å²) < 4.78 is 5.72. The van der Waals surface area contributed by atoms with E-state index in [0.717, 1.165) is 24.5 Å². The van der Waals surface area contributed by atoms with Gasteiger partial charge in [-0.25, -0.2) is 4.98 Å². The van der Waals surface area contributed by atoms with Gasteiger partial charge in [0.2, 0.25) is 5.88 Å². The molecule has 3 rings (SSSR count). The molecule has 0 atom stereocenters. The third kappa shape index (κ3) is 4.54. The van der Waals surface area contributed by atoms with Crippen molar-refractivity contribution in [1.29, 1.82) is 0 Å². The number of rotatable bonds is 8. The normalized spacial score (nSPS) is 15.4. The Kier molecular flexibility index (Phi) is 6.10. The molecule has 1 heterocycles. The van der Waals surface area contributed by atoms with Crippen molar-refractivity contribution in [2.75, 3.05) is 20.2 Å². The summed E-state index contributed by atoms with van der Waals surface area (Å²) in [4.78, 5) is 8.69. The Morgan fingerprint density at radius 2 is 1.96 bits per heavy atom. The lowest BCUT2D eigenvalue weighted by Gasteiger charge is -2.19. The van der Waals surface area contributed by atoms with Crippen LogP contribution in [0.25, 0.3) is 0 Å². The molecule has 2 N–H and O–H groups in total. The molecule has 0 unspecified atom stereocenters. The van der Waals surface area contributed by atoms with Gasteiger partial charge in [-0.2, -0.15) is 0 Å². The van der Waals surface area contributed by atoms with Crippen LogP contribution in [-0.4, -0.2) is 31.1 Å². The average molecular weight is 352 g/mol. The largest absolute Gasteiger partial charge is 0.477 e. The maximum Gasteiger partial charge on any atom is 0.218 e. The summed E-state index contributed by atoms with van der Waals surface area (Å²) in [6, 6.07) is 14.7. The van der Waals surface area contributed by atoms with Crippen molar-refractivity contribution in [2.24, 2.45) is 4.99 Å². The molecule has 1 aromatic carbocycles. The van der Waals surface area contributed by atoms with Crippen LogP contribution in [0.4, 0.5) is 0 Å². The second-order valence-corrected chi connectivity index (χ2v) is 6.74. The lowest BCUT2D eigenvalue weighted by Crippen LogP contribution is -2.41. The van der Waals surface area contributed by atoms with Crippen molar-refractivity contribution < 1.29 is 4.74 Å². The van der Waals surface area contributed by atoms with Crippen molar-refractivity contribution in [1.82, 2.24) is 15.6 Å². The van der Waals surface area contributed by atoms with Crippen LogP contribution in [0.2, 0.25) is 0 Å². The number of pyridine rings is 1. The summed E-state index contributed by atoms with van der Waals surface area (Å²) in [5.41, 5.74) is 2.70. The third-order valence-corrected chi connectivity index (χ3v) is 4.80. The van der Waals surface area contributed by atoms with E-state index >= 15 is 0 Å². The minimum absolute atomic E-state index is 0.253. The predicted octanol–water partition coefficient (Wildman–Crippen LogP) is 3.27. The number of hydrogen-bond acceptors (Lipinski definition) is 3. The number of benzene rings is 1. The fraction of sp³-hybridized carbons (Fsp3) is 0.429. The summed E-state index contributed by atoms with van der Waals surface area (Å²) in [5.74, 6) is 1.50. The van der Waals surface area contributed by atoms with E-state index in [1.54, 1.807) is 13.2 Å². The van der Waals surface area contributed by atoms with E-state index in [0.29, 0.717) is 19.0 Å². The van der Waals surface area contributed by atoms with E-state index in [1.807, 2.05) is 12.1 Å². The van der Waals surface area contributed by atoms with Gasteiger partial charge in [0.25, 0.3) is 0 Å². The molecule has 0 amide bonds. The van der Waals surface area contributed by atoms with E-state index < -0.39 is 0 Å². The van der Waals surface area contributed by atoms with Crippen molar-refractivity contribution in [3.8, 4) is 5.88 Å². The zero-order valence-corrected chi connectivity index (χ0v) is 15.7. The van der Waals surface area contributed by atoms with E-state index in [-0.39, 0.29) is 5.41 Å². The maximum absolute atomic E-state index is 5.72. The molecule has 5 nitrogen and oxygen atoms in total. The summed E-state index contributed by atoms with van der Waals surface area (Å²) in [7, 11) is 1.80. The summed E-state index contributed by atoms with van der Waals surface area (Å²) in [6.07, 6.45) is 5.17. The van der Waals surface area contributed by atoms with Gasteiger partial charge in [0, 0.05) is 37.3 Å². The standard InChI is InChI=1S/C21H28N4O/c1-3-14-26-19-17(8-7-13-23-19)15-24-20(22-2)25-16-21(11-12-21)18-9-5-4-6-10-18/h4-10,13H,3,11-12,14-16H2,1-2H3,(H2,22,24,25). The first kappa shape index (κ1) is 18.2. The Labute approximate surface area is 155 Å². The van der Waals surface area contributed by atoms with E-state index in [9.17, 15) is 0 Å². The number of ether oxygens (including phenoxy) is 1. The van der Waals surface area contributed by atoms with Gasteiger partial charge < -0.3 is 15.4 Å². The molecule has 0 radical (unpaired) electrons. The van der Waals surface area contributed by atoms with Crippen LogP contribution in [0.15, 0.2) is 53.7 Å². The molecule has 1 saturated carbocycles. The Morgan fingerprint density at radius 3 is 2.65 bits per heavy atom. The molecule has 1 aromatic heterocycles. The molecule has 1 fully saturated rings. The lowest BCUT2D eigenvalue weighted by atomic mass is 9.96. The SMILES string of the molecule is CCCOc1ncccc1CNC(=NC)NCC1(c2ccccc2)CC1. The van der Waals surface area contributed by atoms with Gasteiger partial charge in [0.1, 0.15) is 0 Å². The molecule has 0 spiro atoms. The van der Waals surface area contributed by atoms with Crippen LogP contribution < -0.4 is 15.4 Å². The van der Waals surface area contributed by atoms with Gasteiger partial charge in [-0.3, -0.25) is 4.99 Å². The van der Waals surface area contributed by atoms with Crippen LogP contribution in [0, 0.1) is 0 Å². The summed E-state index contributed by atoms with van der Waals surface area (Å²) in [5, 5.41) is 6.85. The van der Waals surface area contributed by atoms with E-state index in [4.69, 9.17) is 4.74 Å². The Bertz CT molecular complexity index is 726. The highest BCUT2D eigenvalue weighted by Crippen LogP contribution is 2.47. The zero-order chi connectivity index (χ0) is 18.2. The Hall–Kier alpha value is -2.56. The van der Waals surface area contributed by atoms with Gasteiger partial charge in [0.05, 0.1) is 6.61 Å². The highest BCUT2D eigenvalue weighted by molar-refractivity contribution is 5.79. The smallest absolute Gasteiger partial charge is 0.218 e. The van der Waals surface area contributed by atoms with Gasteiger partial charge >= 0.3 is 0 Å². The molecule has 0 bridgehead atoms. The molecular weight excluding hydrogens is 324 g/mol. The molecule has 1 aliphatic carbocycles. The van der Waals surface area contributed by atoms with Crippen molar-refractivity contribution in [3.05, 3.63) is 59.8 Å². The number of hydrogen-bond donors (Lipinski definition) is 2. The fourth-order valence-electron chi connectivity index (χ4n) is 3.05. The zero-order valence-electron chi connectivity index (χ0n) is 15.7. The maximum atomic E-state index is 5.72. The van der Waals surface area contributed by atoms with Crippen molar-refractivity contribution >= 4 is 5.96 Å². The van der Waals surface area contributed by atoms with E-state index in [1.165, 1.54) is 18.4 Å². The molecule has 26 heavy (non-hydrogen) atoms. The second-order valence-electron chi connectivity index (χ2n) is 6.74. The quantitative estimate of drug-likeness (QED) is 0.565. The lowest BCUT2D eigenvalue weighted by molar-refractivity contribution is 0.301. The molecule has 1 aliphatic rings. The first-order valence-corrected chi connectivity index (χ1v) is 9.34. The van der Waals surface area contributed by atoms with Gasteiger partial charge in [0.15, 0.2) is 5.96 Å². The molecule has 5 heteroatoms. The monoisotopic (exact) mass is 352 g/mol. The highest BCUT2D eigenvalue weighted by Gasteiger charge is 2.43. The first-order valence-electron chi connectivity index (χ1n) is 9.34. The minimum atomic E-state index is 0.253. The van der Waals surface area contributed by atoms with E-state index in [2.05, 4.69) is 57.9 Å². The first-order chi connectivity index (χ1) is 12.8. The second kappa shape index (κ2) is 8.70. The van der Waals surface area contributed by atoms with Crippen molar-refractivity contribution in [3.63, 3.8) is 0 Å². The topological polar surface area (TPSA) is 58.5 Å². The van der Waals surface area contributed by atoms with Crippen LogP contribution in [-0.2, 0) is 12.0 Å². The molecule has 0 saturated heterocycles. The number of aliphatic imine (C=N–C) groups is 1. The van der Waals surface area contributed by atoms with Gasteiger partial charge in [-0.15, -0.1) is 0 Å². The average Bonchev–Trinajstić information content (AvgIpc) is 3.49. The molecule has 138 valence electrons. The number of nitrogens with zero attached hydrogens (tertiary/aromatic N) is 2. The Morgan fingerprint density at radius 1 is 1.15 bits per heavy atom. The number of guanidine groups is 1. The van der Waals surface area contributed by atoms with Crippen LogP contribution in [0.3, 0.4) is 0 Å². The number of aromatic nitrogens is 1. The molecule has 0 aliphatic heterocycles. The van der Waals surface area contributed by atoms with Crippen molar-refractivity contribution in [2.45, 2.75) is 38.1 Å². The van der Waals surface area contributed by atoms with Crippen LogP contribution in [0.1, 0.15) is 37.3 Å². The minimum Gasteiger partial charge on any atom is -0.477 e.